The van der Waals surface area contributed by atoms with E-state index in [4.69, 9.17) is 5.11 Å². The maximum Gasteiger partial charge on any atom is 0.326 e. The SMILES string of the molecule is C[C@H](NC(CCc1c[nH]cn1)C(=O)O)C(=O)N1CCC[C@H]1C(=O)O. The van der Waals surface area contributed by atoms with Crippen LogP contribution >= 0.6 is 0 Å². The zero-order valence-electron chi connectivity index (χ0n) is 13.4. The summed E-state index contributed by atoms with van der Waals surface area (Å²) in [5, 5.41) is 21.3. The molecule has 0 aromatic carbocycles. The zero-order valence-corrected chi connectivity index (χ0v) is 13.4. The summed E-state index contributed by atoms with van der Waals surface area (Å²) in [5.41, 5.74) is 0.743. The highest BCUT2D eigenvalue weighted by atomic mass is 16.4. The molecule has 0 spiro atoms. The number of rotatable bonds is 8. The third-order valence-corrected chi connectivity index (χ3v) is 4.18. The quantitative estimate of drug-likeness (QED) is 0.517. The molecule has 2 rings (SSSR count). The Kier molecular flexibility index (Phi) is 5.91. The topological polar surface area (TPSA) is 136 Å². The Balaban J connectivity index is 1.94. The van der Waals surface area contributed by atoms with Crippen LogP contribution in [0.5, 0.6) is 0 Å². The average Bonchev–Trinajstić information content (AvgIpc) is 3.20. The number of nitrogens with one attached hydrogen (secondary N) is 2. The van der Waals surface area contributed by atoms with Crippen molar-refractivity contribution in [3.63, 3.8) is 0 Å². The van der Waals surface area contributed by atoms with Crippen LogP contribution in [0.4, 0.5) is 0 Å². The van der Waals surface area contributed by atoms with Gasteiger partial charge in [-0.15, -0.1) is 0 Å². The maximum atomic E-state index is 12.4. The number of aromatic amines is 1. The fraction of sp³-hybridized carbons (Fsp3) is 0.600. The number of carbonyl (C=O) groups excluding carboxylic acids is 1. The summed E-state index contributed by atoms with van der Waals surface area (Å²) in [6.45, 7) is 1.94. The molecule has 1 amide bonds. The van der Waals surface area contributed by atoms with Crippen LogP contribution < -0.4 is 5.32 Å². The first kappa shape index (κ1) is 17.9. The summed E-state index contributed by atoms with van der Waals surface area (Å²) in [6.07, 6.45) is 5.00. The van der Waals surface area contributed by atoms with Gasteiger partial charge < -0.3 is 20.1 Å². The van der Waals surface area contributed by atoms with Crippen LogP contribution in [-0.4, -0.2) is 67.6 Å². The van der Waals surface area contributed by atoms with Crippen LogP contribution in [0.1, 0.15) is 31.9 Å². The van der Waals surface area contributed by atoms with Crippen molar-refractivity contribution in [2.24, 2.45) is 0 Å². The van der Waals surface area contributed by atoms with Gasteiger partial charge in [-0.3, -0.25) is 14.9 Å². The molecule has 1 aliphatic heterocycles. The van der Waals surface area contributed by atoms with Gasteiger partial charge in [0.15, 0.2) is 0 Å². The third-order valence-electron chi connectivity index (χ3n) is 4.18. The van der Waals surface area contributed by atoms with Gasteiger partial charge in [-0.1, -0.05) is 0 Å². The Hall–Kier alpha value is -2.42. The minimum absolute atomic E-state index is 0.278. The molecule has 24 heavy (non-hydrogen) atoms. The number of carboxylic acid groups (broad SMARTS) is 2. The molecule has 0 saturated carbocycles. The fourth-order valence-electron chi connectivity index (χ4n) is 2.91. The Bertz CT molecular complexity index is 589. The van der Waals surface area contributed by atoms with Gasteiger partial charge in [0.25, 0.3) is 0 Å². The van der Waals surface area contributed by atoms with E-state index in [1.54, 1.807) is 13.1 Å². The molecule has 3 atom stereocenters. The molecule has 2 heterocycles. The molecule has 0 radical (unpaired) electrons. The van der Waals surface area contributed by atoms with Crippen molar-refractivity contribution >= 4 is 17.8 Å². The average molecular weight is 338 g/mol. The molecule has 0 aliphatic carbocycles. The van der Waals surface area contributed by atoms with Gasteiger partial charge in [0.1, 0.15) is 12.1 Å². The first-order chi connectivity index (χ1) is 11.4. The molecule has 1 aromatic rings. The molecule has 9 heteroatoms. The second-order valence-corrected chi connectivity index (χ2v) is 5.91. The van der Waals surface area contributed by atoms with Crippen molar-refractivity contribution in [1.82, 2.24) is 20.2 Å². The number of H-pyrrole nitrogens is 1. The molecular formula is C15H22N4O5. The minimum Gasteiger partial charge on any atom is -0.480 e. The largest absolute Gasteiger partial charge is 0.480 e. The lowest BCUT2D eigenvalue weighted by atomic mass is 10.1. The summed E-state index contributed by atoms with van der Waals surface area (Å²) in [6, 6.07) is -2.51. The number of imidazole rings is 1. The van der Waals surface area contributed by atoms with E-state index < -0.39 is 30.1 Å². The van der Waals surface area contributed by atoms with Crippen LogP contribution in [0.25, 0.3) is 0 Å². The summed E-state index contributed by atoms with van der Waals surface area (Å²) >= 11 is 0. The number of aryl methyl sites for hydroxylation is 1. The van der Waals surface area contributed by atoms with E-state index in [9.17, 15) is 19.5 Å². The Morgan fingerprint density at radius 3 is 2.79 bits per heavy atom. The van der Waals surface area contributed by atoms with Crippen molar-refractivity contribution in [2.75, 3.05) is 6.54 Å². The van der Waals surface area contributed by atoms with Crippen molar-refractivity contribution in [3.05, 3.63) is 18.2 Å². The summed E-state index contributed by atoms with van der Waals surface area (Å²) in [5.74, 6) is -2.46. The lowest BCUT2D eigenvalue weighted by Crippen LogP contribution is -2.53. The van der Waals surface area contributed by atoms with Crippen LogP contribution in [0.2, 0.25) is 0 Å². The molecule has 1 unspecified atom stereocenters. The molecule has 9 nitrogen and oxygen atoms in total. The number of carboxylic acids is 2. The fourth-order valence-corrected chi connectivity index (χ4v) is 2.91. The van der Waals surface area contributed by atoms with Crippen molar-refractivity contribution in [1.29, 1.82) is 0 Å². The van der Waals surface area contributed by atoms with E-state index in [0.717, 1.165) is 5.69 Å². The van der Waals surface area contributed by atoms with Gasteiger partial charge in [-0.25, -0.2) is 9.78 Å². The van der Waals surface area contributed by atoms with Gasteiger partial charge in [-0.2, -0.15) is 0 Å². The lowest BCUT2D eigenvalue weighted by Gasteiger charge is -2.27. The second kappa shape index (κ2) is 7.91. The summed E-state index contributed by atoms with van der Waals surface area (Å²) in [4.78, 5) is 43.2. The van der Waals surface area contributed by atoms with E-state index in [0.29, 0.717) is 25.8 Å². The third kappa shape index (κ3) is 4.31. The Morgan fingerprint density at radius 1 is 1.46 bits per heavy atom. The van der Waals surface area contributed by atoms with E-state index in [2.05, 4.69) is 15.3 Å². The van der Waals surface area contributed by atoms with Gasteiger partial charge in [0.05, 0.1) is 18.1 Å². The monoisotopic (exact) mass is 338 g/mol. The van der Waals surface area contributed by atoms with Gasteiger partial charge in [0, 0.05) is 12.7 Å². The number of hydrogen-bond donors (Lipinski definition) is 4. The number of carbonyl (C=O) groups is 3. The Labute approximate surface area is 139 Å². The number of amides is 1. The highest BCUT2D eigenvalue weighted by molar-refractivity contribution is 5.88. The standard InChI is InChI=1S/C15H22N4O5/c1-9(13(20)19-6-2-3-12(19)15(23)24)18-11(14(21)22)5-4-10-7-16-8-17-10/h7-9,11-12,18H,2-6H2,1H3,(H,16,17)(H,21,22)(H,23,24)/t9-,11?,12-/m0/s1. The van der Waals surface area contributed by atoms with E-state index >= 15 is 0 Å². The van der Waals surface area contributed by atoms with E-state index in [-0.39, 0.29) is 12.3 Å². The molecular weight excluding hydrogens is 316 g/mol. The van der Waals surface area contributed by atoms with E-state index in [1.165, 1.54) is 11.2 Å². The van der Waals surface area contributed by atoms with Gasteiger partial charge in [0.2, 0.25) is 5.91 Å². The van der Waals surface area contributed by atoms with Crippen molar-refractivity contribution in [3.8, 4) is 0 Å². The molecule has 1 aliphatic rings. The molecule has 1 saturated heterocycles. The summed E-state index contributed by atoms with van der Waals surface area (Å²) in [7, 11) is 0. The second-order valence-electron chi connectivity index (χ2n) is 5.91. The first-order valence-electron chi connectivity index (χ1n) is 7.90. The smallest absolute Gasteiger partial charge is 0.326 e. The van der Waals surface area contributed by atoms with Gasteiger partial charge >= 0.3 is 11.9 Å². The normalized spacial score (nSPS) is 19.9. The number of nitrogens with zero attached hydrogens (tertiary/aromatic N) is 2. The molecule has 1 aromatic heterocycles. The predicted octanol–water partition coefficient (Wildman–Crippen LogP) is -0.151. The zero-order chi connectivity index (χ0) is 17.7. The van der Waals surface area contributed by atoms with Crippen LogP contribution in [0, 0.1) is 0 Å². The number of aromatic nitrogens is 2. The highest BCUT2D eigenvalue weighted by Gasteiger charge is 2.36. The van der Waals surface area contributed by atoms with Crippen LogP contribution in [0.15, 0.2) is 12.5 Å². The van der Waals surface area contributed by atoms with Gasteiger partial charge in [-0.05, 0) is 32.6 Å². The van der Waals surface area contributed by atoms with Crippen molar-refractivity contribution < 1.29 is 24.6 Å². The minimum atomic E-state index is -1.05. The Morgan fingerprint density at radius 2 is 2.21 bits per heavy atom. The number of likely N-dealkylation sites (tertiary alicyclic amines) is 1. The highest BCUT2D eigenvalue weighted by Crippen LogP contribution is 2.18. The molecule has 1 fully saturated rings. The molecule has 0 bridgehead atoms. The molecule has 132 valence electrons. The number of hydrogen-bond acceptors (Lipinski definition) is 5. The van der Waals surface area contributed by atoms with Crippen LogP contribution in [0.3, 0.4) is 0 Å². The first-order valence-corrected chi connectivity index (χ1v) is 7.90. The van der Waals surface area contributed by atoms with Crippen LogP contribution in [-0.2, 0) is 20.8 Å². The maximum absolute atomic E-state index is 12.4. The molecule has 4 N–H and O–H groups in total. The van der Waals surface area contributed by atoms with Crippen molar-refractivity contribution in [2.45, 2.75) is 50.7 Å². The van der Waals surface area contributed by atoms with E-state index in [1.807, 2.05) is 0 Å². The lowest BCUT2D eigenvalue weighted by molar-refractivity contribution is -0.149. The number of aliphatic carboxylic acids is 2. The summed E-state index contributed by atoms with van der Waals surface area (Å²) < 4.78 is 0. The predicted molar refractivity (Wildman–Crippen MR) is 83.3 cm³/mol.